The van der Waals surface area contributed by atoms with Crippen molar-refractivity contribution in [3.8, 4) is 0 Å². The maximum absolute atomic E-state index is 12.5. The zero-order valence-electron chi connectivity index (χ0n) is 16.5. The molecule has 0 bridgehead atoms. The molecule has 156 valence electrons. The van der Waals surface area contributed by atoms with Gasteiger partial charge >= 0.3 is 0 Å². The van der Waals surface area contributed by atoms with Gasteiger partial charge in [0, 0.05) is 23.9 Å². The quantitative estimate of drug-likeness (QED) is 0.713. The van der Waals surface area contributed by atoms with Crippen LogP contribution in [0, 0.1) is 11.3 Å². The van der Waals surface area contributed by atoms with E-state index in [2.05, 4.69) is 15.6 Å². The Morgan fingerprint density at radius 1 is 1.26 bits per heavy atom. The number of thiazole rings is 1. The molecule has 2 heterocycles. The van der Waals surface area contributed by atoms with Crippen LogP contribution in [-0.4, -0.2) is 48.4 Å². The first kappa shape index (κ1) is 26.1. The highest BCUT2D eigenvalue weighted by Crippen LogP contribution is 2.23. The molecule has 2 rings (SSSR count). The minimum atomic E-state index is -0.459. The second-order valence-corrected chi connectivity index (χ2v) is 8.60. The number of piperidine rings is 1. The van der Waals surface area contributed by atoms with Crippen LogP contribution < -0.4 is 10.6 Å². The summed E-state index contributed by atoms with van der Waals surface area (Å²) in [5, 5.41) is 8.43. The van der Waals surface area contributed by atoms with Gasteiger partial charge in [-0.25, -0.2) is 4.98 Å². The Kier molecular flexibility index (Phi) is 11.5. The van der Waals surface area contributed by atoms with E-state index in [-0.39, 0.29) is 36.6 Å². The fraction of sp³-hybridized carbons (Fsp3) is 0.722. The molecule has 0 saturated carbocycles. The van der Waals surface area contributed by atoms with Crippen LogP contribution in [-0.2, 0) is 16.0 Å². The number of anilines is 1. The Labute approximate surface area is 178 Å². The molecule has 0 radical (unpaired) electrons. The van der Waals surface area contributed by atoms with Crippen LogP contribution in [0.1, 0.15) is 45.7 Å². The lowest BCUT2D eigenvalue weighted by atomic mass is 9.93. The third-order valence-corrected chi connectivity index (χ3v) is 5.36. The van der Waals surface area contributed by atoms with Crippen molar-refractivity contribution < 1.29 is 9.59 Å². The molecule has 1 aliphatic rings. The molecule has 6 nitrogen and oxygen atoms in total. The molecular weight excluding hydrogens is 407 g/mol. The Hall–Kier alpha value is -0.890. The summed E-state index contributed by atoms with van der Waals surface area (Å²) >= 11 is 1.37. The summed E-state index contributed by atoms with van der Waals surface area (Å²) in [7, 11) is 1.98. The number of carbonyl (C=O) groups is 2. The van der Waals surface area contributed by atoms with E-state index in [4.69, 9.17) is 0 Å². The zero-order valence-corrected chi connectivity index (χ0v) is 19.0. The topological polar surface area (TPSA) is 74.3 Å². The predicted octanol–water partition coefficient (Wildman–Crippen LogP) is 3.36. The fourth-order valence-electron chi connectivity index (χ4n) is 2.82. The molecule has 0 unspecified atom stereocenters. The fourth-order valence-corrected chi connectivity index (χ4v) is 3.52. The van der Waals surface area contributed by atoms with Gasteiger partial charge in [0.2, 0.25) is 11.8 Å². The second-order valence-electron chi connectivity index (χ2n) is 7.74. The zero-order chi connectivity index (χ0) is 18.4. The molecule has 1 aromatic rings. The number of nitrogens with one attached hydrogen (secondary N) is 2. The van der Waals surface area contributed by atoms with E-state index >= 15 is 0 Å². The normalized spacial score (nSPS) is 14.9. The molecule has 0 aliphatic carbocycles. The predicted molar refractivity (Wildman–Crippen MR) is 116 cm³/mol. The summed E-state index contributed by atoms with van der Waals surface area (Å²) in [5.74, 6) is 0.782. The molecule has 1 fully saturated rings. The van der Waals surface area contributed by atoms with E-state index in [1.807, 2.05) is 38.1 Å². The molecule has 0 atom stereocenters. The third kappa shape index (κ3) is 8.34. The standard InChI is InChI=1S/C18H30N4O2S.2ClH/c1-18(2,3)16(24)21-17-20-14(12-25-17)11-15(23)22-9-6-13(7-10-22)5-8-19-4;;/h12-13,19H,5-11H2,1-4H3,(H,20,21,24);2*1H. The molecule has 0 aromatic carbocycles. The minimum absolute atomic E-state index is 0. The number of amides is 2. The van der Waals surface area contributed by atoms with Crippen LogP contribution in [0.2, 0.25) is 0 Å². The van der Waals surface area contributed by atoms with Crippen LogP contribution >= 0.6 is 36.2 Å². The van der Waals surface area contributed by atoms with Crippen molar-refractivity contribution in [2.24, 2.45) is 11.3 Å². The van der Waals surface area contributed by atoms with Crippen molar-refractivity contribution in [3.63, 3.8) is 0 Å². The Morgan fingerprint density at radius 3 is 2.44 bits per heavy atom. The summed E-state index contributed by atoms with van der Waals surface area (Å²) in [5.41, 5.74) is 0.274. The minimum Gasteiger partial charge on any atom is -0.342 e. The van der Waals surface area contributed by atoms with Crippen molar-refractivity contribution in [1.82, 2.24) is 15.2 Å². The van der Waals surface area contributed by atoms with Crippen LogP contribution in [0.15, 0.2) is 5.38 Å². The summed E-state index contributed by atoms with van der Waals surface area (Å²) in [6, 6.07) is 0. The molecule has 2 amide bonds. The number of nitrogens with zero attached hydrogens (tertiary/aromatic N) is 2. The maximum atomic E-state index is 12.5. The van der Waals surface area contributed by atoms with Gasteiger partial charge in [-0.3, -0.25) is 9.59 Å². The van der Waals surface area contributed by atoms with Gasteiger partial charge in [-0.1, -0.05) is 20.8 Å². The highest BCUT2D eigenvalue weighted by Gasteiger charge is 2.24. The largest absolute Gasteiger partial charge is 0.342 e. The summed E-state index contributed by atoms with van der Waals surface area (Å²) < 4.78 is 0. The number of rotatable bonds is 6. The third-order valence-electron chi connectivity index (χ3n) is 4.56. The average molecular weight is 439 g/mol. The van der Waals surface area contributed by atoms with Gasteiger partial charge in [-0.05, 0) is 38.8 Å². The number of aromatic nitrogens is 1. The number of hydrogen-bond acceptors (Lipinski definition) is 5. The van der Waals surface area contributed by atoms with Crippen LogP contribution in [0.3, 0.4) is 0 Å². The lowest BCUT2D eigenvalue weighted by Crippen LogP contribution is -2.39. The lowest BCUT2D eigenvalue weighted by Gasteiger charge is -2.32. The smallest absolute Gasteiger partial charge is 0.231 e. The van der Waals surface area contributed by atoms with Crippen molar-refractivity contribution in [2.45, 2.75) is 46.5 Å². The molecule has 27 heavy (non-hydrogen) atoms. The molecule has 2 N–H and O–H groups in total. The first-order valence-electron chi connectivity index (χ1n) is 8.98. The van der Waals surface area contributed by atoms with Gasteiger partial charge in [-0.2, -0.15) is 0 Å². The molecular formula is C18H32Cl2N4O2S. The Morgan fingerprint density at radius 2 is 1.89 bits per heavy atom. The molecule has 1 saturated heterocycles. The highest BCUT2D eigenvalue weighted by molar-refractivity contribution is 7.13. The van der Waals surface area contributed by atoms with Crippen LogP contribution in [0.5, 0.6) is 0 Å². The van der Waals surface area contributed by atoms with Crippen molar-refractivity contribution in [2.75, 3.05) is 32.0 Å². The number of carbonyl (C=O) groups excluding carboxylic acids is 2. The maximum Gasteiger partial charge on any atom is 0.231 e. The lowest BCUT2D eigenvalue weighted by molar-refractivity contribution is -0.131. The van der Waals surface area contributed by atoms with E-state index in [1.54, 1.807) is 0 Å². The summed E-state index contributed by atoms with van der Waals surface area (Å²) in [6.45, 7) is 8.30. The average Bonchev–Trinajstić information content (AvgIpc) is 2.99. The van der Waals surface area contributed by atoms with Crippen LogP contribution in [0.25, 0.3) is 0 Å². The van der Waals surface area contributed by atoms with Crippen LogP contribution in [0.4, 0.5) is 5.13 Å². The monoisotopic (exact) mass is 438 g/mol. The van der Waals surface area contributed by atoms with E-state index in [0.29, 0.717) is 11.6 Å². The number of hydrogen-bond donors (Lipinski definition) is 2. The van der Waals surface area contributed by atoms with E-state index in [9.17, 15) is 9.59 Å². The first-order valence-corrected chi connectivity index (χ1v) is 9.86. The van der Waals surface area contributed by atoms with E-state index in [0.717, 1.165) is 44.1 Å². The van der Waals surface area contributed by atoms with Gasteiger partial charge in [0.05, 0.1) is 12.1 Å². The SMILES string of the molecule is CNCCC1CCN(C(=O)Cc2csc(NC(=O)C(C)(C)C)n2)CC1.Cl.Cl. The molecule has 1 aliphatic heterocycles. The first-order chi connectivity index (χ1) is 11.8. The molecule has 1 aromatic heterocycles. The molecule has 9 heteroatoms. The van der Waals surface area contributed by atoms with Gasteiger partial charge < -0.3 is 15.5 Å². The van der Waals surface area contributed by atoms with E-state index in [1.165, 1.54) is 17.8 Å². The molecule has 0 spiro atoms. The van der Waals surface area contributed by atoms with Gasteiger partial charge in [0.25, 0.3) is 0 Å². The van der Waals surface area contributed by atoms with Gasteiger partial charge in [-0.15, -0.1) is 36.2 Å². The van der Waals surface area contributed by atoms with Crippen molar-refractivity contribution >= 4 is 53.1 Å². The van der Waals surface area contributed by atoms with Crippen molar-refractivity contribution in [3.05, 3.63) is 11.1 Å². The van der Waals surface area contributed by atoms with Gasteiger partial charge in [0.15, 0.2) is 5.13 Å². The summed E-state index contributed by atoms with van der Waals surface area (Å²) in [6.07, 6.45) is 3.65. The number of halogens is 2. The highest BCUT2D eigenvalue weighted by atomic mass is 35.5. The Bertz CT molecular complexity index is 596. The second kappa shape index (κ2) is 11.8. The van der Waals surface area contributed by atoms with Crippen molar-refractivity contribution in [1.29, 1.82) is 0 Å². The Balaban J connectivity index is 0.00000338. The summed E-state index contributed by atoms with van der Waals surface area (Å²) in [4.78, 5) is 30.8. The van der Waals surface area contributed by atoms with E-state index < -0.39 is 5.41 Å². The van der Waals surface area contributed by atoms with Gasteiger partial charge in [0.1, 0.15) is 0 Å². The number of likely N-dealkylation sites (tertiary alicyclic amines) is 1.